The summed E-state index contributed by atoms with van der Waals surface area (Å²) in [5, 5.41) is 0.614. The second-order valence-electron chi connectivity index (χ2n) is 4.44. The Morgan fingerprint density at radius 1 is 1.42 bits per heavy atom. The Bertz CT molecular complexity index is 443. The molecular weight excluding hydrogens is 276 g/mol. The maximum Gasteiger partial charge on any atom is 0.261 e. The third-order valence-corrected chi connectivity index (χ3v) is 3.21. The normalized spacial score (nSPS) is 15.4. The lowest BCUT2D eigenvalue weighted by molar-refractivity contribution is 0.0152. The molecule has 1 atom stereocenters. The quantitative estimate of drug-likeness (QED) is 0.820. The minimum atomic E-state index is -2.45. The molecule has 0 radical (unpaired) electrons. The molecule has 0 fully saturated rings. The Balaban J connectivity index is 1.97. The van der Waals surface area contributed by atoms with Crippen LogP contribution in [0.1, 0.15) is 23.6 Å². The predicted octanol–water partition coefficient (Wildman–Crippen LogP) is 2.95. The van der Waals surface area contributed by atoms with E-state index in [0.29, 0.717) is 18.1 Å². The minimum absolute atomic E-state index is 0.187. The fourth-order valence-corrected chi connectivity index (χ4v) is 2.36. The molecule has 0 aliphatic carbocycles. The van der Waals surface area contributed by atoms with Crippen molar-refractivity contribution in [2.24, 2.45) is 5.73 Å². The van der Waals surface area contributed by atoms with Gasteiger partial charge in [0.1, 0.15) is 12.4 Å². The van der Waals surface area contributed by atoms with Gasteiger partial charge in [-0.05, 0) is 24.1 Å². The van der Waals surface area contributed by atoms with E-state index in [4.69, 9.17) is 26.8 Å². The Hall–Kier alpha value is -0.910. The Labute approximate surface area is 115 Å². The van der Waals surface area contributed by atoms with Crippen molar-refractivity contribution in [3.63, 3.8) is 0 Å². The van der Waals surface area contributed by atoms with E-state index in [-0.39, 0.29) is 12.6 Å². The highest BCUT2D eigenvalue weighted by Gasteiger charge is 2.21. The third-order valence-electron chi connectivity index (χ3n) is 2.99. The van der Waals surface area contributed by atoms with Crippen LogP contribution in [0, 0.1) is 0 Å². The molecule has 1 aromatic carbocycles. The Kier molecular flexibility index (Phi) is 4.96. The van der Waals surface area contributed by atoms with Crippen LogP contribution in [-0.4, -0.2) is 26.2 Å². The lowest BCUT2D eigenvalue weighted by Gasteiger charge is -2.16. The number of nitrogens with two attached hydrogens (primary N) is 1. The van der Waals surface area contributed by atoms with Crippen molar-refractivity contribution in [2.75, 3.05) is 19.8 Å². The summed E-state index contributed by atoms with van der Waals surface area (Å²) in [5.41, 5.74) is 7.92. The van der Waals surface area contributed by atoms with E-state index in [1.54, 1.807) is 6.07 Å². The van der Waals surface area contributed by atoms with Crippen LogP contribution >= 0.6 is 11.6 Å². The molecule has 1 heterocycles. The van der Waals surface area contributed by atoms with Crippen molar-refractivity contribution in [1.82, 2.24) is 0 Å². The van der Waals surface area contributed by atoms with E-state index in [2.05, 4.69) is 0 Å². The van der Waals surface area contributed by atoms with E-state index in [1.165, 1.54) is 0 Å². The second kappa shape index (κ2) is 6.50. The zero-order valence-corrected chi connectivity index (χ0v) is 11.1. The molecule has 3 nitrogen and oxygen atoms in total. The van der Waals surface area contributed by atoms with Crippen LogP contribution in [0.15, 0.2) is 12.1 Å². The maximum absolute atomic E-state index is 11.9. The highest BCUT2D eigenvalue weighted by molar-refractivity contribution is 6.30. The van der Waals surface area contributed by atoms with Gasteiger partial charge >= 0.3 is 0 Å². The van der Waals surface area contributed by atoms with Crippen LogP contribution in [0.3, 0.4) is 0 Å². The lowest BCUT2D eigenvalue weighted by atomic mass is 10.0. The molecule has 1 aliphatic rings. The van der Waals surface area contributed by atoms with Crippen LogP contribution in [-0.2, 0) is 11.2 Å². The van der Waals surface area contributed by atoms with E-state index in [1.807, 2.05) is 6.07 Å². The van der Waals surface area contributed by atoms with Crippen molar-refractivity contribution < 1.29 is 18.3 Å². The van der Waals surface area contributed by atoms with Crippen molar-refractivity contribution >= 4 is 11.6 Å². The topological polar surface area (TPSA) is 44.5 Å². The van der Waals surface area contributed by atoms with Crippen molar-refractivity contribution in [3.05, 3.63) is 28.3 Å². The molecule has 0 amide bonds. The fourth-order valence-electron chi connectivity index (χ4n) is 2.11. The molecule has 1 unspecified atom stereocenters. The van der Waals surface area contributed by atoms with E-state index < -0.39 is 13.0 Å². The number of fused-ring (bicyclic) bond motifs is 1. The minimum Gasteiger partial charge on any atom is -0.493 e. The Morgan fingerprint density at radius 2 is 2.21 bits per heavy atom. The molecular formula is C13H16ClF2NO2. The molecule has 0 bridgehead atoms. The van der Waals surface area contributed by atoms with Crippen LogP contribution in [0.2, 0.25) is 5.02 Å². The number of halogens is 3. The first-order chi connectivity index (χ1) is 9.08. The Morgan fingerprint density at radius 3 is 2.95 bits per heavy atom. The number of ether oxygens (including phenoxy) is 2. The van der Waals surface area contributed by atoms with Crippen LogP contribution in [0.5, 0.6) is 5.75 Å². The summed E-state index contributed by atoms with van der Waals surface area (Å²) in [6.45, 7) is 0.251. The smallest absolute Gasteiger partial charge is 0.261 e. The van der Waals surface area contributed by atoms with E-state index in [9.17, 15) is 8.78 Å². The van der Waals surface area contributed by atoms with Crippen molar-refractivity contribution in [3.8, 4) is 5.75 Å². The number of rotatable bonds is 6. The first-order valence-electron chi connectivity index (χ1n) is 6.14. The number of hydrogen-bond acceptors (Lipinski definition) is 3. The molecule has 0 spiro atoms. The second-order valence-corrected chi connectivity index (χ2v) is 4.88. The summed E-state index contributed by atoms with van der Waals surface area (Å²) in [7, 11) is 0. The van der Waals surface area contributed by atoms with Gasteiger partial charge in [-0.25, -0.2) is 8.78 Å². The number of hydrogen-bond donors (Lipinski definition) is 1. The summed E-state index contributed by atoms with van der Waals surface area (Å²) in [6.07, 6.45) is -1.18. The average molecular weight is 292 g/mol. The summed E-state index contributed by atoms with van der Waals surface area (Å²) in [4.78, 5) is 0. The summed E-state index contributed by atoms with van der Waals surface area (Å²) in [6, 6.07) is 3.31. The van der Waals surface area contributed by atoms with Gasteiger partial charge < -0.3 is 15.2 Å². The highest BCUT2D eigenvalue weighted by atomic mass is 35.5. The number of benzene rings is 1. The molecule has 0 saturated carbocycles. The zero-order valence-electron chi connectivity index (χ0n) is 10.4. The molecule has 2 rings (SSSR count). The van der Waals surface area contributed by atoms with Crippen molar-refractivity contribution in [1.29, 1.82) is 0 Å². The molecule has 2 N–H and O–H groups in total. The lowest BCUT2D eigenvalue weighted by Crippen LogP contribution is -2.15. The van der Waals surface area contributed by atoms with Gasteiger partial charge in [-0.15, -0.1) is 0 Å². The maximum atomic E-state index is 11.9. The van der Waals surface area contributed by atoms with Crippen LogP contribution in [0.4, 0.5) is 8.78 Å². The zero-order chi connectivity index (χ0) is 13.8. The molecule has 6 heteroatoms. The van der Waals surface area contributed by atoms with E-state index >= 15 is 0 Å². The van der Waals surface area contributed by atoms with Gasteiger partial charge in [0.2, 0.25) is 0 Å². The monoisotopic (exact) mass is 291 g/mol. The number of alkyl halides is 2. The molecule has 19 heavy (non-hydrogen) atoms. The molecule has 1 aliphatic heterocycles. The SMILES string of the molecule is NC(CCOCC(F)F)c1cc(Cl)cc2c1OCC2. The van der Waals surface area contributed by atoms with Crippen LogP contribution in [0.25, 0.3) is 0 Å². The van der Waals surface area contributed by atoms with Gasteiger partial charge in [-0.2, -0.15) is 0 Å². The standard InChI is InChI=1S/C13H16ClF2NO2/c14-9-5-8-1-4-19-13(8)10(6-9)11(17)2-3-18-7-12(15)16/h5-6,11-12H,1-4,7,17H2. The van der Waals surface area contributed by atoms with Gasteiger partial charge in [0.15, 0.2) is 0 Å². The molecule has 106 valence electrons. The third kappa shape index (κ3) is 3.78. The first-order valence-corrected chi connectivity index (χ1v) is 6.52. The highest BCUT2D eigenvalue weighted by Crippen LogP contribution is 2.36. The van der Waals surface area contributed by atoms with Crippen LogP contribution < -0.4 is 10.5 Å². The van der Waals surface area contributed by atoms with Gasteiger partial charge in [0, 0.05) is 29.7 Å². The van der Waals surface area contributed by atoms with Gasteiger partial charge in [-0.1, -0.05) is 11.6 Å². The van der Waals surface area contributed by atoms with Crippen molar-refractivity contribution in [2.45, 2.75) is 25.3 Å². The summed E-state index contributed by atoms with van der Waals surface area (Å²) < 4.78 is 34.2. The van der Waals surface area contributed by atoms with E-state index in [0.717, 1.165) is 23.3 Å². The molecule has 1 aromatic rings. The first kappa shape index (κ1) is 14.5. The predicted molar refractivity (Wildman–Crippen MR) is 69.0 cm³/mol. The largest absolute Gasteiger partial charge is 0.493 e. The molecule has 0 saturated heterocycles. The fraction of sp³-hybridized carbons (Fsp3) is 0.538. The van der Waals surface area contributed by atoms with Gasteiger partial charge in [-0.3, -0.25) is 0 Å². The molecule has 0 aromatic heterocycles. The summed E-state index contributed by atoms with van der Waals surface area (Å²) >= 11 is 6.03. The average Bonchev–Trinajstić information content (AvgIpc) is 2.80. The summed E-state index contributed by atoms with van der Waals surface area (Å²) in [5.74, 6) is 0.783. The van der Waals surface area contributed by atoms with Gasteiger partial charge in [0.05, 0.1) is 6.61 Å². The van der Waals surface area contributed by atoms with Gasteiger partial charge in [0.25, 0.3) is 6.43 Å².